The number of aliphatic hydroxyl groups is 1. The topological polar surface area (TPSA) is 74.2 Å². The molecule has 1 aromatic rings. The second-order valence-corrected chi connectivity index (χ2v) is 4.26. The van der Waals surface area contributed by atoms with E-state index in [4.69, 9.17) is 0 Å². The van der Waals surface area contributed by atoms with Crippen LogP contribution in [0.2, 0.25) is 0 Å². The van der Waals surface area contributed by atoms with Gasteiger partial charge in [0.15, 0.2) is 0 Å². The summed E-state index contributed by atoms with van der Waals surface area (Å²) in [6.45, 7) is 2.46. The Balaban J connectivity index is 1.98. The highest BCUT2D eigenvalue weighted by Gasteiger charge is 2.26. The Bertz CT molecular complexity index is 402. The van der Waals surface area contributed by atoms with Gasteiger partial charge in [-0.05, 0) is 31.9 Å². The van der Waals surface area contributed by atoms with Gasteiger partial charge in [0, 0.05) is 24.5 Å². The van der Waals surface area contributed by atoms with Crippen LogP contribution in [0.25, 0.3) is 0 Å². The van der Waals surface area contributed by atoms with Gasteiger partial charge in [0.05, 0.1) is 6.10 Å². The first-order valence-corrected chi connectivity index (χ1v) is 5.88. The molecule has 1 aromatic heterocycles. The zero-order valence-corrected chi connectivity index (χ0v) is 9.81. The molecule has 0 saturated heterocycles. The molecule has 3 N–H and O–H groups in total. The number of nitrogens with one attached hydrogen (secondary N) is 2. The fraction of sp³-hybridized carbons (Fsp3) is 0.500. The first-order valence-electron chi connectivity index (χ1n) is 5.88. The molecule has 1 fully saturated rings. The van der Waals surface area contributed by atoms with Crippen molar-refractivity contribution in [1.82, 2.24) is 10.3 Å². The fourth-order valence-electron chi connectivity index (χ4n) is 1.84. The standard InChI is InChI=1S/C12H17N3O2/c1-2-13-12(17)11-7-8(3-4-14-11)15-9-5-10(16)6-9/h3-4,7,9-10,16H,2,5-6H2,1H3,(H,13,17)(H,14,15). The van der Waals surface area contributed by atoms with Crippen LogP contribution in [0.1, 0.15) is 30.3 Å². The van der Waals surface area contributed by atoms with Gasteiger partial charge in [0.2, 0.25) is 0 Å². The van der Waals surface area contributed by atoms with E-state index in [-0.39, 0.29) is 12.0 Å². The van der Waals surface area contributed by atoms with Gasteiger partial charge >= 0.3 is 0 Å². The third kappa shape index (κ3) is 2.94. The van der Waals surface area contributed by atoms with E-state index in [1.165, 1.54) is 0 Å². The van der Waals surface area contributed by atoms with Crippen LogP contribution < -0.4 is 10.6 Å². The fourth-order valence-corrected chi connectivity index (χ4v) is 1.84. The largest absolute Gasteiger partial charge is 0.393 e. The van der Waals surface area contributed by atoms with Gasteiger partial charge in [-0.25, -0.2) is 0 Å². The van der Waals surface area contributed by atoms with Crippen LogP contribution in [0.15, 0.2) is 18.3 Å². The lowest BCUT2D eigenvalue weighted by atomic mass is 9.89. The summed E-state index contributed by atoms with van der Waals surface area (Å²) in [6.07, 6.45) is 2.96. The Kier molecular flexibility index (Phi) is 3.58. The Morgan fingerprint density at radius 2 is 2.35 bits per heavy atom. The number of pyridine rings is 1. The summed E-state index contributed by atoms with van der Waals surface area (Å²) >= 11 is 0. The molecular formula is C12H17N3O2. The molecule has 1 aliphatic carbocycles. The number of carbonyl (C=O) groups is 1. The average Bonchev–Trinajstić information content (AvgIpc) is 2.28. The molecule has 0 unspecified atom stereocenters. The average molecular weight is 235 g/mol. The number of anilines is 1. The second-order valence-electron chi connectivity index (χ2n) is 4.26. The lowest BCUT2D eigenvalue weighted by Crippen LogP contribution is -2.39. The van der Waals surface area contributed by atoms with Crippen molar-refractivity contribution in [2.24, 2.45) is 0 Å². The van der Waals surface area contributed by atoms with Crippen molar-refractivity contribution in [1.29, 1.82) is 0 Å². The zero-order valence-electron chi connectivity index (χ0n) is 9.81. The molecular weight excluding hydrogens is 218 g/mol. The normalized spacial score (nSPS) is 22.7. The van der Waals surface area contributed by atoms with Crippen LogP contribution in [0.4, 0.5) is 5.69 Å². The molecule has 0 atom stereocenters. The van der Waals surface area contributed by atoms with Crippen LogP contribution in [0, 0.1) is 0 Å². The van der Waals surface area contributed by atoms with Crippen molar-refractivity contribution in [3.8, 4) is 0 Å². The van der Waals surface area contributed by atoms with Crippen molar-refractivity contribution < 1.29 is 9.90 Å². The van der Waals surface area contributed by atoms with Crippen LogP contribution >= 0.6 is 0 Å². The van der Waals surface area contributed by atoms with E-state index in [1.54, 1.807) is 12.3 Å². The third-order valence-corrected chi connectivity index (χ3v) is 2.81. The number of nitrogens with zero attached hydrogens (tertiary/aromatic N) is 1. The van der Waals surface area contributed by atoms with E-state index >= 15 is 0 Å². The Labute approximate surface area is 100 Å². The zero-order chi connectivity index (χ0) is 12.3. The van der Waals surface area contributed by atoms with Crippen molar-refractivity contribution in [2.75, 3.05) is 11.9 Å². The Morgan fingerprint density at radius 3 is 3.00 bits per heavy atom. The maximum absolute atomic E-state index is 11.6. The summed E-state index contributed by atoms with van der Waals surface area (Å²) < 4.78 is 0. The smallest absolute Gasteiger partial charge is 0.269 e. The molecule has 0 radical (unpaired) electrons. The van der Waals surface area contributed by atoms with E-state index in [9.17, 15) is 9.90 Å². The number of hydrogen-bond acceptors (Lipinski definition) is 4. The molecule has 2 rings (SSSR count). The molecule has 5 heteroatoms. The molecule has 0 aliphatic heterocycles. The lowest BCUT2D eigenvalue weighted by Gasteiger charge is -2.32. The highest BCUT2D eigenvalue weighted by atomic mass is 16.3. The molecule has 0 spiro atoms. The molecule has 1 saturated carbocycles. The Morgan fingerprint density at radius 1 is 1.59 bits per heavy atom. The summed E-state index contributed by atoms with van der Waals surface area (Å²) in [4.78, 5) is 15.6. The first kappa shape index (κ1) is 11.9. The van der Waals surface area contributed by atoms with E-state index in [2.05, 4.69) is 15.6 Å². The minimum absolute atomic E-state index is 0.162. The Hall–Kier alpha value is -1.62. The van der Waals surface area contributed by atoms with Gasteiger partial charge in [0.25, 0.3) is 5.91 Å². The van der Waals surface area contributed by atoms with Crippen molar-refractivity contribution in [3.05, 3.63) is 24.0 Å². The number of carbonyl (C=O) groups excluding carboxylic acids is 1. The van der Waals surface area contributed by atoms with Gasteiger partial charge in [-0.15, -0.1) is 0 Å². The number of aromatic nitrogens is 1. The van der Waals surface area contributed by atoms with E-state index in [0.717, 1.165) is 18.5 Å². The molecule has 1 amide bonds. The molecule has 5 nitrogen and oxygen atoms in total. The summed E-state index contributed by atoms with van der Waals surface area (Å²) in [6, 6.07) is 3.86. The van der Waals surface area contributed by atoms with Gasteiger partial charge in [-0.3, -0.25) is 9.78 Å². The maximum atomic E-state index is 11.6. The van der Waals surface area contributed by atoms with Gasteiger partial charge in [-0.1, -0.05) is 0 Å². The minimum atomic E-state index is -0.183. The van der Waals surface area contributed by atoms with Gasteiger partial charge < -0.3 is 15.7 Å². The minimum Gasteiger partial charge on any atom is -0.393 e. The van der Waals surface area contributed by atoms with Crippen molar-refractivity contribution in [3.63, 3.8) is 0 Å². The molecule has 1 heterocycles. The second kappa shape index (κ2) is 5.14. The summed E-state index contributed by atoms with van der Waals surface area (Å²) in [5, 5.41) is 15.2. The monoisotopic (exact) mass is 235 g/mol. The molecule has 0 bridgehead atoms. The lowest BCUT2D eigenvalue weighted by molar-refractivity contribution is 0.0836. The van der Waals surface area contributed by atoms with E-state index in [1.807, 2.05) is 13.0 Å². The van der Waals surface area contributed by atoms with E-state index < -0.39 is 0 Å². The van der Waals surface area contributed by atoms with Gasteiger partial charge in [0.1, 0.15) is 5.69 Å². The number of amides is 1. The van der Waals surface area contributed by atoms with Gasteiger partial charge in [-0.2, -0.15) is 0 Å². The first-order chi connectivity index (χ1) is 8.19. The number of aliphatic hydroxyl groups excluding tert-OH is 1. The summed E-state index contributed by atoms with van der Waals surface area (Å²) in [5.74, 6) is -0.162. The van der Waals surface area contributed by atoms with Crippen molar-refractivity contribution >= 4 is 11.6 Å². The van der Waals surface area contributed by atoms with Crippen LogP contribution in [-0.2, 0) is 0 Å². The van der Waals surface area contributed by atoms with Crippen molar-refractivity contribution in [2.45, 2.75) is 31.9 Å². The maximum Gasteiger partial charge on any atom is 0.269 e. The molecule has 1 aliphatic rings. The molecule has 92 valence electrons. The predicted molar refractivity (Wildman–Crippen MR) is 64.9 cm³/mol. The SMILES string of the molecule is CCNC(=O)c1cc(NC2CC(O)C2)ccn1. The highest BCUT2D eigenvalue weighted by Crippen LogP contribution is 2.23. The van der Waals surface area contributed by atoms with Crippen LogP contribution in [-0.4, -0.2) is 34.7 Å². The summed E-state index contributed by atoms with van der Waals surface area (Å²) in [7, 11) is 0. The summed E-state index contributed by atoms with van der Waals surface area (Å²) in [5.41, 5.74) is 1.29. The highest BCUT2D eigenvalue weighted by molar-refractivity contribution is 5.93. The quantitative estimate of drug-likeness (QED) is 0.720. The third-order valence-electron chi connectivity index (χ3n) is 2.81. The number of rotatable bonds is 4. The van der Waals surface area contributed by atoms with Crippen LogP contribution in [0.3, 0.4) is 0 Å². The number of hydrogen-bond donors (Lipinski definition) is 3. The van der Waals surface area contributed by atoms with E-state index in [0.29, 0.717) is 18.3 Å². The van der Waals surface area contributed by atoms with Crippen LogP contribution in [0.5, 0.6) is 0 Å². The predicted octanol–water partition coefficient (Wildman–Crippen LogP) is 0.767. The molecule has 17 heavy (non-hydrogen) atoms. The molecule has 0 aromatic carbocycles.